The summed E-state index contributed by atoms with van der Waals surface area (Å²) in [7, 11) is 0. The third kappa shape index (κ3) is 2.23. The van der Waals surface area contributed by atoms with Crippen molar-refractivity contribution in [2.45, 2.75) is 19.6 Å². The number of thioether (sulfide) groups is 1. The molecule has 4 nitrogen and oxygen atoms in total. The van der Waals surface area contributed by atoms with E-state index in [-0.39, 0.29) is 11.9 Å². The topological polar surface area (TPSA) is 44.1 Å². The Bertz CT molecular complexity index is 345. The zero-order valence-electron chi connectivity index (χ0n) is 8.68. The summed E-state index contributed by atoms with van der Waals surface area (Å²) in [6.07, 6.45) is 1.37. The molecule has 82 valence electrons. The van der Waals surface area contributed by atoms with Gasteiger partial charge in [0.05, 0.1) is 6.61 Å². The summed E-state index contributed by atoms with van der Waals surface area (Å²) >= 11 is 1.77. The number of ketones is 1. The van der Waals surface area contributed by atoms with E-state index < -0.39 is 0 Å². The van der Waals surface area contributed by atoms with Gasteiger partial charge in [-0.05, 0) is 13.0 Å². The number of Topliss-reactive ketones (excluding diaryl/α,β-unsaturated/α-hetero) is 1. The second kappa shape index (κ2) is 4.81. The van der Waals surface area contributed by atoms with E-state index >= 15 is 0 Å². The van der Waals surface area contributed by atoms with Crippen LogP contribution in [0.25, 0.3) is 0 Å². The molecule has 0 amide bonds. The zero-order chi connectivity index (χ0) is 10.7. The summed E-state index contributed by atoms with van der Waals surface area (Å²) in [6, 6.07) is 1.76. The van der Waals surface area contributed by atoms with Gasteiger partial charge >= 0.3 is 0 Å². The van der Waals surface area contributed by atoms with E-state index in [0.29, 0.717) is 18.8 Å². The van der Waals surface area contributed by atoms with Crippen LogP contribution >= 0.6 is 11.8 Å². The highest BCUT2D eigenvalue weighted by atomic mass is 32.2. The highest BCUT2D eigenvalue weighted by Crippen LogP contribution is 2.16. The number of aryl methyl sites for hydroxylation is 1. The maximum atomic E-state index is 12.0. The molecule has 1 aliphatic rings. The van der Waals surface area contributed by atoms with Gasteiger partial charge in [-0.1, -0.05) is 0 Å². The molecular formula is C10H14N2O2S. The first kappa shape index (κ1) is 10.7. The average molecular weight is 226 g/mol. The molecule has 15 heavy (non-hydrogen) atoms. The van der Waals surface area contributed by atoms with E-state index in [1.54, 1.807) is 28.7 Å². The first-order chi connectivity index (χ1) is 7.33. The molecule has 0 N–H and O–H groups in total. The second-order valence-electron chi connectivity index (χ2n) is 3.33. The van der Waals surface area contributed by atoms with E-state index in [4.69, 9.17) is 4.74 Å². The van der Waals surface area contributed by atoms with Gasteiger partial charge in [0.15, 0.2) is 0 Å². The quantitative estimate of drug-likeness (QED) is 0.727. The number of hydrogen-bond acceptors (Lipinski definition) is 4. The normalized spacial score (nSPS) is 21.5. The van der Waals surface area contributed by atoms with Crippen molar-refractivity contribution >= 4 is 17.5 Å². The van der Waals surface area contributed by atoms with Gasteiger partial charge in [0.2, 0.25) is 5.78 Å². The Morgan fingerprint density at radius 3 is 3.33 bits per heavy atom. The minimum atomic E-state index is -0.286. The highest BCUT2D eigenvalue weighted by molar-refractivity contribution is 7.99. The third-order valence-electron chi connectivity index (χ3n) is 2.38. The van der Waals surface area contributed by atoms with Crippen LogP contribution in [0.15, 0.2) is 12.3 Å². The largest absolute Gasteiger partial charge is 0.368 e. The maximum absolute atomic E-state index is 12.0. The lowest BCUT2D eigenvalue weighted by Gasteiger charge is -2.21. The Morgan fingerprint density at radius 1 is 1.80 bits per heavy atom. The molecule has 1 aromatic rings. The van der Waals surface area contributed by atoms with E-state index in [0.717, 1.165) is 11.5 Å². The van der Waals surface area contributed by atoms with Gasteiger partial charge in [-0.15, -0.1) is 0 Å². The molecule has 0 spiro atoms. The molecule has 2 rings (SSSR count). The lowest BCUT2D eigenvalue weighted by atomic mass is 10.2. The number of carbonyl (C=O) groups is 1. The summed E-state index contributed by atoms with van der Waals surface area (Å²) in [4.78, 5) is 12.0. The molecule has 5 heteroatoms. The Kier molecular flexibility index (Phi) is 3.43. The number of aromatic nitrogens is 2. The van der Waals surface area contributed by atoms with Gasteiger partial charge in [0.1, 0.15) is 11.8 Å². The Morgan fingerprint density at radius 2 is 2.67 bits per heavy atom. The molecular weight excluding hydrogens is 212 g/mol. The molecule has 1 unspecified atom stereocenters. The maximum Gasteiger partial charge on any atom is 0.210 e. The van der Waals surface area contributed by atoms with Crippen LogP contribution in [-0.4, -0.2) is 39.8 Å². The van der Waals surface area contributed by atoms with Crippen molar-refractivity contribution in [3.05, 3.63) is 18.0 Å². The molecule has 1 saturated heterocycles. The van der Waals surface area contributed by atoms with Crippen LogP contribution in [0.4, 0.5) is 0 Å². The molecule has 1 aliphatic heterocycles. The van der Waals surface area contributed by atoms with Crippen molar-refractivity contribution in [2.75, 3.05) is 18.1 Å². The highest BCUT2D eigenvalue weighted by Gasteiger charge is 2.25. The molecule has 0 aromatic carbocycles. The van der Waals surface area contributed by atoms with Gasteiger partial charge in [-0.2, -0.15) is 16.9 Å². The molecule has 1 aromatic heterocycles. The molecule has 1 atom stereocenters. The van der Waals surface area contributed by atoms with Gasteiger partial charge < -0.3 is 4.74 Å². The molecule has 1 fully saturated rings. The van der Waals surface area contributed by atoms with Gasteiger partial charge in [0.25, 0.3) is 0 Å². The van der Waals surface area contributed by atoms with Gasteiger partial charge in [-0.25, -0.2) is 0 Å². The van der Waals surface area contributed by atoms with Crippen LogP contribution in [0, 0.1) is 0 Å². The SMILES string of the molecule is CCn1nccc1C(=O)C1CSCCO1. The first-order valence-electron chi connectivity index (χ1n) is 5.08. The smallest absolute Gasteiger partial charge is 0.210 e. The summed E-state index contributed by atoms with van der Waals surface area (Å²) in [5.41, 5.74) is 0.657. The number of carbonyl (C=O) groups excluding carboxylic acids is 1. The minimum absolute atomic E-state index is 0.0570. The lowest BCUT2D eigenvalue weighted by molar-refractivity contribution is 0.0509. The standard InChI is InChI=1S/C10H14N2O2S/c1-2-12-8(3-4-11-12)10(13)9-7-15-6-5-14-9/h3-4,9H,2,5-7H2,1H3. The summed E-state index contributed by atoms with van der Waals surface area (Å²) in [6.45, 7) is 3.36. The van der Waals surface area contributed by atoms with Crippen LogP contribution in [0.5, 0.6) is 0 Å². The summed E-state index contributed by atoms with van der Waals surface area (Å²) in [5, 5.41) is 4.08. The third-order valence-corrected chi connectivity index (χ3v) is 3.37. The average Bonchev–Trinajstić information content (AvgIpc) is 2.77. The van der Waals surface area contributed by atoms with Crippen molar-refractivity contribution in [1.29, 1.82) is 0 Å². The van der Waals surface area contributed by atoms with E-state index in [1.165, 1.54) is 0 Å². The van der Waals surface area contributed by atoms with Crippen LogP contribution in [-0.2, 0) is 11.3 Å². The molecule has 0 saturated carbocycles. The fraction of sp³-hybridized carbons (Fsp3) is 0.600. The fourth-order valence-electron chi connectivity index (χ4n) is 1.60. The van der Waals surface area contributed by atoms with Crippen molar-refractivity contribution in [1.82, 2.24) is 9.78 Å². The number of rotatable bonds is 3. The van der Waals surface area contributed by atoms with E-state index in [1.807, 2.05) is 6.92 Å². The van der Waals surface area contributed by atoms with Crippen LogP contribution < -0.4 is 0 Å². The van der Waals surface area contributed by atoms with E-state index in [9.17, 15) is 4.79 Å². The second-order valence-corrected chi connectivity index (χ2v) is 4.48. The predicted molar refractivity (Wildman–Crippen MR) is 59.3 cm³/mol. The number of hydrogen-bond donors (Lipinski definition) is 0. The van der Waals surface area contributed by atoms with Crippen LogP contribution in [0.3, 0.4) is 0 Å². The van der Waals surface area contributed by atoms with Crippen molar-refractivity contribution in [3.8, 4) is 0 Å². The Labute approximate surface area is 93.0 Å². The van der Waals surface area contributed by atoms with E-state index in [2.05, 4.69) is 5.10 Å². The lowest BCUT2D eigenvalue weighted by Crippen LogP contribution is -2.32. The summed E-state index contributed by atoms with van der Waals surface area (Å²) in [5.74, 6) is 1.80. The number of ether oxygens (including phenoxy) is 1. The zero-order valence-corrected chi connectivity index (χ0v) is 9.50. The Hall–Kier alpha value is -0.810. The van der Waals surface area contributed by atoms with Gasteiger partial charge in [0, 0.05) is 24.2 Å². The minimum Gasteiger partial charge on any atom is -0.368 e. The van der Waals surface area contributed by atoms with Crippen LogP contribution in [0.2, 0.25) is 0 Å². The van der Waals surface area contributed by atoms with Crippen LogP contribution in [0.1, 0.15) is 17.4 Å². The first-order valence-corrected chi connectivity index (χ1v) is 6.23. The van der Waals surface area contributed by atoms with Crippen molar-refractivity contribution < 1.29 is 9.53 Å². The molecule has 2 heterocycles. The predicted octanol–water partition coefficient (Wildman–Crippen LogP) is 1.22. The Balaban J connectivity index is 2.12. The summed E-state index contributed by atoms with van der Waals surface area (Å²) < 4.78 is 7.16. The molecule has 0 radical (unpaired) electrons. The molecule has 0 bridgehead atoms. The van der Waals surface area contributed by atoms with Gasteiger partial charge in [-0.3, -0.25) is 9.48 Å². The van der Waals surface area contributed by atoms with Crippen molar-refractivity contribution in [3.63, 3.8) is 0 Å². The molecule has 0 aliphatic carbocycles. The fourth-order valence-corrected chi connectivity index (χ4v) is 2.44. The monoisotopic (exact) mass is 226 g/mol. The van der Waals surface area contributed by atoms with Crippen molar-refractivity contribution in [2.24, 2.45) is 0 Å². The number of nitrogens with zero attached hydrogens (tertiary/aromatic N) is 2.